The molecule has 118 valence electrons. The molecule has 1 aromatic heterocycles. The van der Waals surface area contributed by atoms with Crippen LogP contribution in [0.2, 0.25) is 0 Å². The van der Waals surface area contributed by atoms with E-state index in [0.29, 0.717) is 6.61 Å². The molecule has 1 N–H and O–H groups in total. The molecule has 0 fully saturated rings. The van der Waals surface area contributed by atoms with Crippen LogP contribution in [0.3, 0.4) is 0 Å². The summed E-state index contributed by atoms with van der Waals surface area (Å²) >= 11 is 0. The topological polar surface area (TPSA) is 50.5 Å². The fraction of sp³-hybridized carbons (Fsp3) is 0.471. The van der Waals surface area contributed by atoms with Gasteiger partial charge in [-0.1, -0.05) is 18.2 Å². The Hall–Kier alpha value is -1.85. The fourth-order valence-electron chi connectivity index (χ4n) is 2.99. The van der Waals surface area contributed by atoms with E-state index < -0.39 is 0 Å². The van der Waals surface area contributed by atoms with Gasteiger partial charge in [0.1, 0.15) is 0 Å². The zero-order chi connectivity index (χ0) is 15.4. The molecule has 0 radical (unpaired) electrons. The molecular formula is C17H23N3O2. The highest BCUT2D eigenvalue weighted by Crippen LogP contribution is 2.33. The van der Waals surface area contributed by atoms with Gasteiger partial charge < -0.3 is 14.7 Å². The summed E-state index contributed by atoms with van der Waals surface area (Å²) in [6.07, 6.45) is 5.45. The van der Waals surface area contributed by atoms with E-state index in [-0.39, 0.29) is 6.10 Å². The van der Waals surface area contributed by atoms with Crippen molar-refractivity contribution >= 4 is 5.69 Å². The maximum absolute atomic E-state index is 10.3. The highest BCUT2D eigenvalue weighted by Gasteiger charge is 2.21. The number of rotatable bonds is 5. The Morgan fingerprint density at radius 2 is 2.23 bits per heavy atom. The highest BCUT2D eigenvalue weighted by atomic mass is 16.5. The first-order valence-electron chi connectivity index (χ1n) is 7.80. The van der Waals surface area contributed by atoms with E-state index in [0.717, 1.165) is 43.7 Å². The molecule has 0 aliphatic carbocycles. The third kappa shape index (κ3) is 3.31. The Labute approximate surface area is 131 Å². The number of ether oxygens (including phenoxy) is 1. The van der Waals surface area contributed by atoms with Gasteiger partial charge in [-0.2, -0.15) is 5.10 Å². The largest absolute Gasteiger partial charge is 0.388 e. The summed E-state index contributed by atoms with van der Waals surface area (Å²) in [4.78, 5) is 2.34. The van der Waals surface area contributed by atoms with Crippen molar-refractivity contribution in [3.63, 3.8) is 0 Å². The second kappa shape index (κ2) is 6.94. The van der Waals surface area contributed by atoms with E-state index in [4.69, 9.17) is 4.74 Å². The fourth-order valence-corrected chi connectivity index (χ4v) is 2.99. The van der Waals surface area contributed by atoms with E-state index in [1.165, 1.54) is 5.56 Å². The minimum atomic E-state index is -0.356. The number of aliphatic hydroxyl groups excluding tert-OH is 1. The molecule has 3 rings (SSSR count). The van der Waals surface area contributed by atoms with Gasteiger partial charge in [0.15, 0.2) is 0 Å². The molecule has 0 amide bonds. The molecule has 1 unspecified atom stereocenters. The lowest BCUT2D eigenvalue weighted by molar-refractivity contribution is 0.168. The Balaban J connectivity index is 1.77. The van der Waals surface area contributed by atoms with Crippen LogP contribution in [0.25, 0.3) is 0 Å². The number of nitrogens with zero attached hydrogens (tertiary/aromatic N) is 3. The Morgan fingerprint density at radius 1 is 1.36 bits per heavy atom. The lowest BCUT2D eigenvalue weighted by Crippen LogP contribution is -2.23. The smallest absolute Gasteiger partial charge is 0.0810 e. The molecule has 1 aliphatic heterocycles. The Kier molecular flexibility index (Phi) is 4.75. The van der Waals surface area contributed by atoms with Gasteiger partial charge in [-0.05, 0) is 18.9 Å². The number of hydrogen-bond acceptors (Lipinski definition) is 4. The van der Waals surface area contributed by atoms with Crippen LogP contribution < -0.4 is 4.90 Å². The number of benzene rings is 1. The molecule has 1 atom stereocenters. The van der Waals surface area contributed by atoms with E-state index in [9.17, 15) is 5.11 Å². The van der Waals surface area contributed by atoms with Crippen molar-refractivity contribution in [3.05, 3.63) is 47.8 Å². The van der Waals surface area contributed by atoms with Gasteiger partial charge in [0.05, 0.1) is 25.5 Å². The summed E-state index contributed by atoms with van der Waals surface area (Å²) in [6, 6.07) is 8.15. The second-order valence-electron chi connectivity index (χ2n) is 5.74. The molecule has 2 aromatic rings. The monoisotopic (exact) mass is 301 g/mol. The van der Waals surface area contributed by atoms with E-state index in [1.54, 1.807) is 7.11 Å². The normalized spacial score (nSPS) is 18.1. The molecule has 5 nitrogen and oxygen atoms in total. The van der Waals surface area contributed by atoms with Crippen molar-refractivity contribution in [1.82, 2.24) is 9.78 Å². The Morgan fingerprint density at radius 3 is 3.09 bits per heavy atom. The van der Waals surface area contributed by atoms with Gasteiger partial charge >= 0.3 is 0 Å². The summed E-state index contributed by atoms with van der Waals surface area (Å²) in [6.45, 7) is 3.21. The molecule has 0 saturated carbocycles. The summed E-state index contributed by atoms with van der Waals surface area (Å²) in [5.74, 6) is 0. The molecule has 22 heavy (non-hydrogen) atoms. The van der Waals surface area contributed by atoms with Crippen molar-refractivity contribution in [2.45, 2.75) is 32.0 Å². The summed E-state index contributed by atoms with van der Waals surface area (Å²) in [7, 11) is 1.70. The zero-order valence-corrected chi connectivity index (χ0v) is 13.0. The average Bonchev–Trinajstić information content (AvgIpc) is 2.92. The summed E-state index contributed by atoms with van der Waals surface area (Å²) in [5.41, 5.74) is 3.35. The van der Waals surface area contributed by atoms with Crippen molar-refractivity contribution < 1.29 is 9.84 Å². The maximum Gasteiger partial charge on any atom is 0.0810 e. The molecule has 1 aliphatic rings. The number of anilines is 1. The van der Waals surface area contributed by atoms with E-state index in [2.05, 4.69) is 22.3 Å². The standard InChI is InChI=1S/C17H23N3O2/c1-22-10-9-20-13-14(11-18-20)12-19-8-4-7-17(21)15-5-2-3-6-16(15)19/h2-3,5-6,11,13,17,21H,4,7-10,12H2,1H3. The molecule has 5 heteroatoms. The van der Waals surface area contributed by atoms with Crippen molar-refractivity contribution in [1.29, 1.82) is 0 Å². The second-order valence-corrected chi connectivity index (χ2v) is 5.74. The predicted molar refractivity (Wildman–Crippen MR) is 85.8 cm³/mol. The van der Waals surface area contributed by atoms with Gasteiger partial charge in [0, 0.05) is 43.2 Å². The van der Waals surface area contributed by atoms with Crippen molar-refractivity contribution in [2.24, 2.45) is 0 Å². The van der Waals surface area contributed by atoms with Crippen molar-refractivity contribution in [2.75, 3.05) is 25.2 Å². The minimum Gasteiger partial charge on any atom is -0.388 e. The van der Waals surface area contributed by atoms with Crippen LogP contribution in [0.4, 0.5) is 5.69 Å². The first-order valence-corrected chi connectivity index (χ1v) is 7.80. The van der Waals surface area contributed by atoms with Crippen LogP contribution in [-0.2, 0) is 17.8 Å². The van der Waals surface area contributed by atoms with Crippen LogP contribution in [0.5, 0.6) is 0 Å². The van der Waals surface area contributed by atoms with Crippen LogP contribution >= 0.6 is 0 Å². The van der Waals surface area contributed by atoms with Gasteiger partial charge in [-0.25, -0.2) is 0 Å². The number of methoxy groups -OCH3 is 1. The summed E-state index contributed by atoms with van der Waals surface area (Å²) < 4.78 is 6.99. The number of hydrogen-bond donors (Lipinski definition) is 1. The molecule has 2 heterocycles. The highest BCUT2D eigenvalue weighted by molar-refractivity contribution is 5.55. The number of aliphatic hydroxyl groups is 1. The molecule has 0 bridgehead atoms. The summed E-state index contributed by atoms with van der Waals surface area (Å²) in [5, 5.41) is 14.6. The first kappa shape index (κ1) is 15.1. The quantitative estimate of drug-likeness (QED) is 0.921. The molecule has 1 aromatic carbocycles. The Bertz CT molecular complexity index is 611. The zero-order valence-electron chi connectivity index (χ0n) is 13.0. The van der Waals surface area contributed by atoms with Gasteiger partial charge in [0.2, 0.25) is 0 Å². The number of fused-ring (bicyclic) bond motifs is 1. The average molecular weight is 301 g/mol. The lowest BCUT2D eigenvalue weighted by atomic mass is 10.0. The maximum atomic E-state index is 10.3. The van der Waals surface area contributed by atoms with E-state index >= 15 is 0 Å². The van der Waals surface area contributed by atoms with Crippen LogP contribution in [0.15, 0.2) is 36.7 Å². The third-order valence-corrected chi connectivity index (χ3v) is 4.13. The number of aromatic nitrogens is 2. The van der Waals surface area contributed by atoms with Crippen LogP contribution in [0.1, 0.15) is 30.1 Å². The lowest BCUT2D eigenvalue weighted by Gasteiger charge is -2.24. The van der Waals surface area contributed by atoms with Gasteiger partial charge in [-0.15, -0.1) is 0 Å². The van der Waals surface area contributed by atoms with Gasteiger partial charge in [-0.3, -0.25) is 4.68 Å². The SMILES string of the molecule is COCCn1cc(CN2CCCC(O)c3ccccc32)cn1. The minimum absolute atomic E-state index is 0.356. The molecule has 0 saturated heterocycles. The molecule has 0 spiro atoms. The predicted octanol–water partition coefficient (Wildman–Crippen LogP) is 2.36. The number of para-hydroxylation sites is 1. The first-order chi connectivity index (χ1) is 10.8. The third-order valence-electron chi connectivity index (χ3n) is 4.13. The van der Waals surface area contributed by atoms with Crippen LogP contribution in [0, 0.1) is 0 Å². The van der Waals surface area contributed by atoms with Crippen molar-refractivity contribution in [3.8, 4) is 0 Å². The van der Waals surface area contributed by atoms with E-state index in [1.807, 2.05) is 29.1 Å². The molecular weight excluding hydrogens is 278 g/mol. The van der Waals surface area contributed by atoms with Gasteiger partial charge in [0.25, 0.3) is 0 Å². The van der Waals surface area contributed by atoms with Crippen LogP contribution in [-0.4, -0.2) is 35.1 Å².